The van der Waals surface area contributed by atoms with Crippen molar-refractivity contribution in [3.8, 4) is 0 Å². The number of rotatable bonds is 6. The van der Waals surface area contributed by atoms with Crippen LogP contribution in [-0.2, 0) is 11.2 Å². The zero-order valence-corrected chi connectivity index (χ0v) is 16.2. The number of benzene rings is 2. The summed E-state index contributed by atoms with van der Waals surface area (Å²) in [5, 5.41) is 3.98. The Bertz CT molecular complexity index is 623. The second kappa shape index (κ2) is 8.91. The molecule has 24 heavy (non-hydrogen) atoms. The van der Waals surface area contributed by atoms with Crippen molar-refractivity contribution in [3.63, 3.8) is 0 Å². The van der Waals surface area contributed by atoms with E-state index in [0.29, 0.717) is 15.0 Å². The molecule has 3 nitrogen and oxygen atoms in total. The van der Waals surface area contributed by atoms with Crippen LogP contribution in [0.5, 0.6) is 0 Å². The first-order valence-electron chi connectivity index (χ1n) is 8.14. The molecule has 1 atom stereocenters. The standard InChI is InChI=1S/C20H25NO2Se/c1-20(2,3)23-19(22)21-17(14-16-10-6-4-7-11-16)15-24-18-12-8-5-9-13-18/h4-13,17H,14-15H2,1-3H3,(H,21,22)/t17-/m0/s1. The van der Waals surface area contributed by atoms with E-state index in [2.05, 4.69) is 41.7 Å². The van der Waals surface area contributed by atoms with Gasteiger partial charge in [-0.25, -0.2) is 0 Å². The van der Waals surface area contributed by atoms with Crippen molar-refractivity contribution in [3.05, 3.63) is 66.2 Å². The zero-order valence-electron chi connectivity index (χ0n) is 14.5. The van der Waals surface area contributed by atoms with Gasteiger partial charge in [0, 0.05) is 0 Å². The molecule has 0 aliphatic rings. The molecular weight excluding hydrogens is 365 g/mol. The van der Waals surface area contributed by atoms with Crippen molar-refractivity contribution in [2.75, 3.05) is 0 Å². The van der Waals surface area contributed by atoms with Gasteiger partial charge in [0.25, 0.3) is 0 Å². The maximum absolute atomic E-state index is 12.1. The monoisotopic (exact) mass is 391 g/mol. The fourth-order valence-electron chi connectivity index (χ4n) is 2.24. The molecule has 0 aliphatic heterocycles. The molecule has 0 aliphatic carbocycles. The van der Waals surface area contributed by atoms with Crippen molar-refractivity contribution in [1.29, 1.82) is 0 Å². The fourth-order valence-corrected chi connectivity index (χ4v) is 4.22. The SMILES string of the molecule is CC(C)(C)OC(=O)N[C@H](C[Se]c1ccccc1)Cc1ccccc1. The Morgan fingerprint density at radius 3 is 2.21 bits per heavy atom. The Morgan fingerprint density at radius 1 is 1.04 bits per heavy atom. The summed E-state index contributed by atoms with van der Waals surface area (Å²) in [4.78, 5) is 12.1. The number of carbonyl (C=O) groups excluding carboxylic acids is 1. The van der Waals surface area contributed by atoms with Crippen LogP contribution in [-0.4, -0.2) is 32.7 Å². The van der Waals surface area contributed by atoms with Gasteiger partial charge < -0.3 is 0 Å². The van der Waals surface area contributed by atoms with Gasteiger partial charge in [0.15, 0.2) is 0 Å². The van der Waals surface area contributed by atoms with E-state index in [-0.39, 0.29) is 12.1 Å². The molecule has 4 heteroatoms. The van der Waals surface area contributed by atoms with Crippen LogP contribution in [0.1, 0.15) is 26.3 Å². The van der Waals surface area contributed by atoms with E-state index in [1.165, 1.54) is 10.0 Å². The van der Waals surface area contributed by atoms with Gasteiger partial charge in [-0.05, 0) is 0 Å². The molecule has 0 spiro atoms. The van der Waals surface area contributed by atoms with Crippen LogP contribution in [0.3, 0.4) is 0 Å². The van der Waals surface area contributed by atoms with Crippen LogP contribution in [0.15, 0.2) is 60.7 Å². The first kappa shape index (κ1) is 18.6. The number of nitrogens with one attached hydrogen (secondary N) is 1. The molecule has 128 valence electrons. The van der Waals surface area contributed by atoms with Crippen molar-refractivity contribution >= 4 is 25.5 Å². The molecule has 0 heterocycles. The van der Waals surface area contributed by atoms with Crippen LogP contribution in [0, 0.1) is 0 Å². The zero-order chi connectivity index (χ0) is 17.4. The summed E-state index contributed by atoms with van der Waals surface area (Å²) in [6, 6.07) is 20.8. The number of ether oxygens (including phenoxy) is 1. The molecule has 0 aromatic heterocycles. The molecule has 0 fully saturated rings. The van der Waals surface area contributed by atoms with Gasteiger partial charge in [-0.3, -0.25) is 0 Å². The minimum absolute atomic E-state index is 0.0717. The van der Waals surface area contributed by atoms with E-state index < -0.39 is 5.60 Å². The topological polar surface area (TPSA) is 38.3 Å². The Hall–Kier alpha value is -1.77. The second-order valence-corrected chi connectivity index (χ2v) is 8.95. The number of hydrogen-bond donors (Lipinski definition) is 1. The summed E-state index contributed by atoms with van der Waals surface area (Å²) >= 11 is 0.315. The van der Waals surface area contributed by atoms with E-state index in [1.807, 2.05) is 45.0 Å². The second-order valence-electron chi connectivity index (χ2n) is 6.66. The van der Waals surface area contributed by atoms with Gasteiger partial charge in [0.1, 0.15) is 0 Å². The van der Waals surface area contributed by atoms with E-state index >= 15 is 0 Å². The number of hydrogen-bond acceptors (Lipinski definition) is 2. The summed E-state index contributed by atoms with van der Waals surface area (Å²) < 4.78 is 6.76. The molecule has 2 aromatic carbocycles. The molecule has 0 unspecified atom stereocenters. The fraction of sp³-hybridized carbons (Fsp3) is 0.350. The van der Waals surface area contributed by atoms with Crippen molar-refractivity contribution in [2.24, 2.45) is 0 Å². The Morgan fingerprint density at radius 2 is 1.62 bits per heavy atom. The minimum atomic E-state index is -0.480. The average Bonchev–Trinajstić information content (AvgIpc) is 2.53. The van der Waals surface area contributed by atoms with Gasteiger partial charge in [-0.15, -0.1) is 0 Å². The van der Waals surface area contributed by atoms with Crippen LogP contribution in [0.2, 0.25) is 5.32 Å². The van der Waals surface area contributed by atoms with Crippen molar-refractivity contribution in [2.45, 2.75) is 44.2 Å². The molecule has 0 bridgehead atoms. The summed E-state index contributed by atoms with van der Waals surface area (Å²) in [6.07, 6.45) is 0.474. The van der Waals surface area contributed by atoms with Gasteiger partial charge >= 0.3 is 151 Å². The maximum atomic E-state index is 12.1. The molecule has 0 radical (unpaired) electrons. The van der Waals surface area contributed by atoms with Crippen molar-refractivity contribution < 1.29 is 9.53 Å². The Kier molecular flexibility index (Phi) is 6.89. The van der Waals surface area contributed by atoms with E-state index in [0.717, 1.165) is 11.7 Å². The number of amides is 1. The summed E-state index contributed by atoms with van der Waals surface area (Å²) in [5.74, 6) is 0. The normalized spacial score (nSPS) is 12.5. The van der Waals surface area contributed by atoms with E-state index in [9.17, 15) is 4.79 Å². The molecule has 2 aromatic rings. The Labute approximate surface area is 151 Å². The molecular formula is C20H25NO2Se. The predicted octanol–water partition coefficient (Wildman–Crippen LogP) is 3.57. The third-order valence-electron chi connectivity index (χ3n) is 3.24. The van der Waals surface area contributed by atoms with Crippen LogP contribution >= 0.6 is 0 Å². The molecule has 0 saturated heterocycles. The first-order chi connectivity index (χ1) is 11.4. The van der Waals surface area contributed by atoms with E-state index in [1.54, 1.807) is 0 Å². The van der Waals surface area contributed by atoms with Crippen molar-refractivity contribution in [1.82, 2.24) is 5.32 Å². The molecule has 1 amide bonds. The first-order valence-corrected chi connectivity index (χ1v) is 10.2. The summed E-state index contributed by atoms with van der Waals surface area (Å²) in [5.41, 5.74) is 0.744. The van der Waals surface area contributed by atoms with E-state index in [4.69, 9.17) is 4.74 Å². The summed E-state index contributed by atoms with van der Waals surface area (Å²) in [6.45, 7) is 5.64. The molecule has 1 N–H and O–H groups in total. The average molecular weight is 390 g/mol. The van der Waals surface area contributed by atoms with Gasteiger partial charge in [0.2, 0.25) is 0 Å². The van der Waals surface area contributed by atoms with Gasteiger partial charge in [-0.2, -0.15) is 0 Å². The number of carbonyl (C=O) groups is 1. The Balaban J connectivity index is 1.99. The quantitative estimate of drug-likeness (QED) is 0.766. The third kappa shape index (κ3) is 7.20. The molecule has 0 saturated carbocycles. The summed E-state index contributed by atoms with van der Waals surface area (Å²) in [7, 11) is 0. The van der Waals surface area contributed by atoms with Crippen LogP contribution in [0.4, 0.5) is 4.79 Å². The van der Waals surface area contributed by atoms with Crippen LogP contribution < -0.4 is 9.78 Å². The third-order valence-corrected chi connectivity index (χ3v) is 5.70. The predicted molar refractivity (Wildman–Crippen MR) is 99.9 cm³/mol. The number of alkyl carbamates (subject to hydrolysis) is 1. The van der Waals surface area contributed by atoms with Gasteiger partial charge in [-0.1, -0.05) is 0 Å². The molecule has 2 rings (SSSR count). The van der Waals surface area contributed by atoms with Crippen LogP contribution in [0.25, 0.3) is 0 Å². The van der Waals surface area contributed by atoms with Gasteiger partial charge in [0.05, 0.1) is 0 Å².